The monoisotopic (exact) mass is 298 g/mol. The van der Waals surface area contributed by atoms with Crippen molar-refractivity contribution in [2.45, 2.75) is 12.3 Å². The second-order valence-electron chi connectivity index (χ2n) is 5.03. The third-order valence-corrected chi connectivity index (χ3v) is 3.49. The van der Waals surface area contributed by atoms with Crippen LogP contribution in [0.4, 0.5) is 5.69 Å². The highest BCUT2D eigenvalue weighted by Gasteiger charge is 2.12. The first-order valence-corrected chi connectivity index (χ1v) is 7.15. The van der Waals surface area contributed by atoms with Crippen molar-refractivity contribution in [1.82, 2.24) is 5.32 Å². The first kappa shape index (κ1) is 15.9. The van der Waals surface area contributed by atoms with Crippen molar-refractivity contribution in [3.8, 4) is 0 Å². The maximum absolute atomic E-state index is 11.2. The average molecular weight is 298 g/mol. The van der Waals surface area contributed by atoms with Gasteiger partial charge < -0.3 is 10.1 Å². The van der Waals surface area contributed by atoms with Crippen LogP contribution < -0.4 is 5.32 Å². The molecule has 0 fully saturated rings. The molecule has 5 nitrogen and oxygen atoms in total. The van der Waals surface area contributed by atoms with Crippen molar-refractivity contribution in [3.63, 3.8) is 0 Å². The lowest BCUT2D eigenvalue weighted by Crippen LogP contribution is -2.24. The summed E-state index contributed by atoms with van der Waals surface area (Å²) in [5.74, 6) is -0.295. The molecule has 2 aromatic carbocycles. The molecule has 0 aliphatic heterocycles. The van der Waals surface area contributed by atoms with Gasteiger partial charge in [0.25, 0.3) is 5.69 Å². The molecule has 2 rings (SSSR count). The summed E-state index contributed by atoms with van der Waals surface area (Å²) in [7, 11) is 0. The molecular weight excluding hydrogens is 280 g/mol. The number of aldehydes is 1. The normalized spacial score (nSPS) is 11.8. The van der Waals surface area contributed by atoms with Crippen LogP contribution in [0.2, 0.25) is 0 Å². The van der Waals surface area contributed by atoms with Crippen LogP contribution in [0.5, 0.6) is 0 Å². The number of hydrogen-bond donors (Lipinski definition) is 1. The van der Waals surface area contributed by atoms with Gasteiger partial charge in [0.05, 0.1) is 10.8 Å². The number of nitrogens with one attached hydrogen (secondary N) is 1. The molecule has 0 saturated carbocycles. The van der Waals surface area contributed by atoms with Crippen molar-refractivity contribution in [1.29, 1.82) is 0 Å². The number of carbonyl (C=O) groups excluding carboxylic acids is 1. The molecule has 1 N–H and O–H groups in total. The zero-order chi connectivity index (χ0) is 15.8. The van der Waals surface area contributed by atoms with Crippen LogP contribution in [0.25, 0.3) is 0 Å². The molecule has 0 aromatic heterocycles. The number of hydrogen-bond acceptors (Lipinski definition) is 4. The summed E-state index contributed by atoms with van der Waals surface area (Å²) in [5.41, 5.74) is 2.06. The van der Waals surface area contributed by atoms with Gasteiger partial charge in [-0.25, -0.2) is 0 Å². The van der Waals surface area contributed by atoms with E-state index in [0.717, 1.165) is 24.8 Å². The fourth-order valence-corrected chi connectivity index (χ4v) is 2.22. The number of nitro groups is 1. The summed E-state index contributed by atoms with van der Waals surface area (Å²) in [6.45, 7) is 1.30. The van der Waals surface area contributed by atoms with Gasteiger partial charge in [0.2, 0.25) is 0 Å². The molecule has 2 aromatic rings. The van der Waals surface area contributed by atoms with Crippen LogP contribution in [0.3, 0.4) is 0 Å². The topological polar surface area (TPSA) is 72.2 Å². The van der Waals surface area contributed by atoms with E-state index in [0.29, 0.717) is 6.54 Å². The molecule has 0 saturated heterocycles. The van der Waals surface area contributed by atoms with Gasteiger partial charge >= 0.3 is 0 Å². The number of carbonyl (C=O) groups is 1. The third kappa shape index (κ3) is 4.49. The standard InChI is InChI=1S/C17H18N2O3/c20-13-16(15-6-8-17(9-7-15)19(21)22)12-18-11-10-14-4-2-1-3-5-14/h1-9,13,16,18H,10-12H2. The Morgan fingerprint density at radius 1 is 1.09 bits per heavy atom. The SMILES string of the molecule is O=CC(CNCCc1ccccc1)c1ccc([N+](=O)[O-])cc1. The zero-order valence-corrected chi connectivity index (χ0v) is 12.1. The van der Waals surface area contributed by atoms with Crippen LogP contribution in [0.15, 0.2) is 54.6 Å². The predicted molar refractivity (Wildman–Crippen MR) is 84.9 cm³/mol. The molecule has 0 amide bonds. The molecule has 5 heteroatoms. The summed E-state index contributed by atoms with van der Waals surface area (Å²) < 4.78 is 0. The number of nitro benzene ring substituents is 1. The minimum Gasteiger partial charge on any atom is -0.315 e. The summed E-state index contributed by atoms with van der Waals surface area (Å²) in [4.78, 5) is 21.4. The Morgan fingerprint density at radius 3 is 2.36 bits per heavy atom. The van der Waals surface area contributed by atoms with E-state index < -0.39 is 4.92 Å². The molecule has 1 unspecified atom stereocenters. The number of nitrogens with zero attached hydrogens (tertiary/aromatic N) is 1. The van der Waals surface area contributed by atoms with Gasteiger partial charge in [0.15, 0.2) is 0 Å². The number of benzene rings is 2. The fourth-order valence-electron chi connectivity index (χ4n) is 2.22. The summed E-state index contributed by atoms with van der Waals surface area (Å²) >= 11 is 0. The van der Waals surface area contributed by atoms with Crippen molar-refractivity contribution < 1.29 is 9.72 Å². The predicted octanol–water partition coefficient (Wildman–Crippen LogP) is 2.71. The van der Waals surface area contributed by atoms with Crippen LogP contribution in [0, 0.1) is 10.1 Å². The highest BCUT2D eigenvalue weighted by Crippen LogP contribution is 2.17. The van der Waals surface area contributed by atoms with E-state index in [1.165, 1.54) is 17.7 Å². The lowest BCUT2D eigenvalue weighted by molar-refractivity contribution is -0.384. The second-order valence-corrected chi connectivity index (χ2v) is 5.03. The van der Waals surface area contributed by atoms with Gasteiger partial charge in [-0.1, -0.05) is 42.5 Å². The van der Waals surface area contributed by atoms with Crippen LogP contribution in [-0.4, -0.2) is 24.3 Å². The Balaban J connectivity index is 1.84. The Labute approximate surface area is 129 Å². The van der Waals surface area contributed by atoms with Gasteiger partial charge in [-0.15, -0.1) is 0 Å². The fraction of sp³-hybridized carbons (Fsp3) is 0.235. The van der Waals surface area contributed by atoms with Gasteiger partial charge in [-0.05, 0) is 24.1 Å². The Morgan fingerprint density at radius 2 is 1.77 bits per heavy atom. The van der Waals surface area contributed by atoms with Crippen LogP contribution >= 0.6 is 0 Å². The first-order valence-electron chi connectivity index (χ1n) is 7.15. The zero-order valence-electron chi connectivity index (χ0n) is 12.1. The molecule has 0 bridgehead atoms. The molecule has 1 atom stereocenters. The average Bonchev–Trinajstić information content (AvgIpc) is 2.56. The summed E-state index contributed by atoms with van der Waals surface area (Å²) in [5, 5.41) is 13.9. The summed E-state index contributed by atoms with van der Waals surface area (Å²) in [6.07, 6.45) is 1.77. The van der Waals surface area contributed by atoms with E-state index in [1.54, 1.807) is 12.1 Å². The van der Waals surface area contributed by atoms with E-state index in [1.807, 2.05) is 18.2 Å². The van der Waals surface area contributed by atoms with Crippen molar-refractivity contribution in [3.05, 3.63) is 75.8 Å². The van der Waals surface area contributed by atoms with Gasteiger partial charge in [0, 0.05) is 18.7 Å². The molecule has 0 spiro atoms. The largest absolute Gasteiger partial charge is 0.315 e. The molecule has 0 aliphatic rings. The lowest BCUT2D eigenvalue weighted by atomic mass is 10.0. The summed E-state index contributed by atoms with van der Waals surface area (Å²) in [6, 6.07) is 16.2. The molecule has 0 radical (unpaired) electrons. The first-order chi connectivity index (χ1) is 10.7. The molecule has 114 valence electrons. The maximum Gasteiger partial charge on any atom is 0.269 e. The van der Waals surface area contributed by atoms with Crippen LogP contribution in [0.1, 0.15) is 17.0 Å². The number of rotatable bonds is 8. The highest BCUT2D eigenvalue weighted by atomic mass is 16.6. The van der Waals surface area contributed by atoms with E-state index in [4.69, 9.17) is 0 Å². The minimum absolute atomic E-state index is 0.0328. The van der Waals surface area contributed by atoms with Crippen molar-refractivity contribution >= 4 is 12.0 Å². The smallest absolute Gasteiger partial charge is 0.269 e. The second kappa shape index (κ2) is 8.05. The van der Waals surface area contributed by atoms with Gasteiger partial charge in [-0.3, -0.25) is 10.1 Å². The molecule has 0 heterocycles. The Hall–Kier alpha value is -2.53. The van der Waals surface area contributed by atoms with E-state index in [-0.39, 0.29) is 11.6 Å². The van der Waals surface area contributed by atoms with E-state index >= 15 is 0 Å². The van der Waals surface area contributed by atoms with Gasteiger partial charge in [-0.2, -0.15) is 0 Å². The molecular formula is C17H18N2O3. The van der Waals surface area contributed by atoms with E-state index in [9.17, 15) is 14.9 Å². The number of non-ortho nitro benzene ring substituents is 1. The quantitative estimate of drug-likeness (QED) is 0.352. The molecule has 22 heavy (non-hydrogen) atoms. The van der Waals surface area contributed by atoms with Gasteiger partial charge in [0.1, 0.15) is 6.29 Å². The highest BCUT2D eigenvalue weighted by molar-refractivity contribution is 5.62. The molecule has 0 aliphatic carbocycles. The van der Waals surface area contributed by atoms with Crippen molar-refractivity contribution in [2.75, 3.05) is 13.1 Å². The Bertz CT molecular complexity index is 612. The third-order valence-electron chi connectivity index (χ3n) is 3.49. The van der Waals surface area contributed by atoms with Crippen molar-refractivity contribution in [2.24, 2.45) is 0 Å². The van der Waals surface area contributed by atoms with E-state index in [2.05, 4.69) is 17.4 Å². The minimum atomic E-state index is -0.447. The van der Waals surface area contributed by atoms with Crippen LogP contribution in [-0.2, 0) is 11.2 Å². The maximum atomic E-state index is 11.2. The Kier molecular flexibility index (Phi) is 5.80. The lowest BCUT2D eigenvalue weighted by Gasteiger charge is -2.12.